The zero-order valence-electron chi connectivity index (χ0n) is 16.2. The molecule has 5 nitrogen and oxygen atoms in total. The zero-order valence-corrected chi connectivity index (χ0v) is 16.2. The molecular weight excluding hydrogens is 354 g/mol. The first-order chi connectivity index (χ1) is 13.7. The van der Waals surface area contributed by atoms with E-state index in [0.717, 1.165) is 71.5 Å². The topological polar surface area (TPSA) is 51.9 Å². The Morgan fingerprint density at radius 1 is 1.11 bits per heavy atom. The van der Waals surface area contributed by atoms with E-state index >= 15 is 0 Å². The van der Waals surface area contributed by atoms with Crippen molar-refractivity contribution in [3.63, 3.8) is 0 Å². The van der Waals surface area contributed by atoms with Gasteiger partial charge in [0, 0.05) is 40.4 Å². The SMILES string of the molecule is COc1cccc(N2COc3c(cc4c5c(c(=O)oc4c3C)CCCC5)C2)c1. The molecule has 0 radical (unpaired) electrons. The molecule has 5 rings (SSSR count). The highest BCUT2D eigenvalue weighted by molar-refractivity contribution is 5.87. The van der Waals surface area contributed by atoms with Crippen LogP contribution in [-0.2, 0) is 19.4 Å². The van der Waals surface area contributed by atoms with Crippen LogP contribution < -0.4 is 20.0 Å². The van der Waals surface area contributed by atoms with Gasteiger partial charge >= 0.3 is 5.63 Å². The van der Waals surface area contributed by atoms with Crippen LogP contribution in [0.3, 0.4) is 0 Å². The lowest BCUT2D eigenvalue weighted by Gasteiger charge is -2.32. The van der Waals surface area contributed by atoms with E-state index in [1.54, 1.807) is 7.11 Å². The number of methoxy groups -OCH3 is 1. The molecule has 1 aromatic heterocycles. The van der Waals surface area contributed by atoms with Gasteiger partial charge in [0.15, 0.2) is 6.73 Å². The summed E-state index contributed by atoms with van der Waals surface area (Å²) in [5, 5.41) is 1.07. The number of hydrogen-bond acceptors (Lipinski definition) is 5. The third-order valence-corrected chi connectivity index (χ3v) is 5.91. The zero-order chi connectivity index (χ0) is 19.3. The van der Waals surface area contributed by atoms with Crippen molar-refractivity contribution in [2.45, 2.75) is 39.2 Å². The summed E-state index contributed by atoms with van der Waals surface area (Å²) in [6.45, 7) is 3.18. The van der Waals surface area contributed by atoms with Gasteiger partial charge in [-0.15, -0.1) is 0 Å². The monoisotopic (exact) mass is 377 g/mol. The van der Waals surface area contributed by atoms with Crippen molar-refractivity contribution in [3.8, 4) is 11.5 Å². The summed E-state index contributed by atoms with van der Waals surface area (Å²) in [5.74, 6) is 1.67. The first-order valence-corrected chi connectivity index (χ1v) is 9.78. The summed E-state index contributed by atoms with van der Waals surface area (Å²) >= 11 is 0. The van der Waals surface area contributed by atoms with Crippen molar-refractivity contribution in [1.82, 2.24) is 0 Å². The minimum atomic E-state index is -0.181. The number of ether oxygens (including phenoxy) is 2. The van der Waals surface area contributed by atoms with Gasteiger partial charge < -0.3 is 18.8 Å². The molecular formula is C23H23NO4. The number of fused-ring (bicyclic) bond motifs is 4. The van der Waals surface area contributed by atoms with Crippen LogP contribution in [0.1, 0.15) is 35.1 Å². The van der Waals surface area contributed by atoms with Crippen LogP contribution in [0.4, 0.5) is 5.69 Å². The number of anilines is 1. The molecule has 0 saturated heterocycles. The van der Waals surface area contributed by atoms with Crippen LogP contribution in [0.2, 0.25) is 0 Å². The number of rotatable bonds is 2. The van der Waals surface area contributed by atoms with Gasteiger partial charge in [-0.25, -0.2) is 4.79 Å². The molecule has 1 aliphatic heterocycles. The third-order valence-electron chi connectivity index (χ3n) is 5.91. The molecule has 0 spiro atoms. The fraction of sp³-hybridized carbons (Fsp3) is 0.348. The van der Waals surface area contributed by atoms with Crippen LogP contribution in [0.15, 0.2) is 39.5 Å². The Morgan fingerprint density at radius 2 is 1.93 bits per heavy atom. The van der Waals surface area contributed by atoms with Gasteiger partial charge in [-0.3, -0.25) is 0 Å². The molecule has 0 amide bonds. The van der Waals surface area contributed by atoms with Crippen LogP contribution in [0.25, 0.3) is 11.0 Å². The molecule has 0 atom stereocenters. The smallest absolute Gasteiger partial charge is 0.339 e. The summed E-state index contributed by atoms with van der Waals surface area (Å²) in [6, 6.07) is 10.2. The highest BCUT2D eigenvalue weighted by atomic mass is 16.5. The predicted molar refractivity (Wildman–Crippen MR) is 109 cm³/mol. The van der Waals surface area contributed by atoms with Gasteiger partial charge in [-0.1, -0.05) is 6.07 Å². The Hall–Kier alpha value is -2.95. The standard InChI is InChI=1S/C23H23NO4/c1-14-21-15(12-24(13-27-21)16-6-5-7-17(11-16)26-2)10-20-18-8-3-4-9-19(18)23(25)28-22(14)20/h5-7,10-11H,3-4,8-9,12-13H2,1-2H3. The summed E-state index contributed by atoms with van der Waals surface area (Å²) in [6.07, 6.45) is 3.93. The average molecular weight is 377 g/mol. The van der Waals surface area contributed by atoms with Crippen molar-refractivity contribution in [2.24, 2.45) is 0 Å². The molecule has 0 bridgehead atoms. The molecule has 0 N–H and O–H groups in total. The summed E-state index contributed by atoms with van der Waals surface area (Å²) in [5.41, 5.74) is 5.63. The maximum absolute atomic E-state index is 12.5. The molecule has 1 aliphatic carbocycles. The van der Waals surface area contributed by atoms with E-state index in [2.05, 4.69) is 17.0 Å². The summed E-state index contributed by atoms with van der Waals surface area (Å²) < 4.78 is 17.2. The van der Waals surface area contributed by atoms with Crippen molar-refractivity contribution in [1.29, 1.82) is 0 Å². The molecule has 0 unspecified atom stereocenters. The second-order valence-electron chi connectivity index (χ2n) is 7.59. The van der Waals surface area contributed by atoms with Gasteiger partial charge in [-0.2, -0.15) is 0 Å². The molecule has 0 fully saturated rings. The number of nitrogens with zero attached hydrogens (tertiary/aromatic N) is 1. The van der Waals surface area contributed by atoms with Gasteiger partial charge in [-0.05, 0) is 56.4 Å². The molecule has 144 valence electrons. The predicted octanol–water partition coefficient (Wildman–Crippen LogP) is 4.35. The first-order valence-electron chi connectivity index (χ1n) is 9.78. The summed E-state index contributed by atoms with van der Waals surface area (Å²) in [4.78, 5) is 14.7. The molecule has 28 heavy (non-hydrogen) atoms. The Morgan fingerprint density at radius 3 is 2.75 bits per heavy atom. The van der Waals surface area contributed by atoms with Crippen LogP contribution >= 0.6 is 0 Å². The van der Waals surface area contributed by atoms with Crippen molar-refractivity contribution < 1.29 is 13.9 Å². The maximum atomic E-state index is 12.5. The lowest BCUT2D eigenvalue weighted by Crippen LogP contribution is -2.32. The average Bonchev–Trinajstić information content (AvgIpc) is 2.75. The Balaban J connectivity index is 1.62. The van der Waals surface area contributed by atoms with Gasteiger partial charge in [0.25, 0.3) is 0 Å². The van der Waals surface area contributed by atoms with Crippen LogP contribution in [-0.4, -0.2) is 13.8 Å². The number of benzene rings is 2. The second-order valence-corrected chi connectivity index (χ2v) is 7.59. The highest BCUT2D eigenvalue weighted by Crippen LogP contribution is 2.38. The normalized spacial score (nSPS) is 15.7. The lowest BCUT2D eigenvalue weighted by atomic mass is 9.89. The largest absolute Gasteiger partial charge is 0.497 e. The molecule has 3 aromatic rings. The van der Waals surface area contributed by atoms with Gasteiger partial charge in [0.2, 0.25) is 0 Å². The van der Waals surface area contributed by atoms with E-state index in [1.165, 1.54) is 5.56 Å². The van der Waals surface area contributed by atoms with Crippen LogP contribution in [0.5, 0.6) is 11.5 Å². The third kappa shape index (κ3) is 2.65. The van der Waals surface area contributed by atoms with Crippen molar-refractivity contribution >= 4 is 16.7 Å². The lowest BCUT2D eigenvalue weighted by molar-refractivity contribution is 0.287. The minimum Gasteiger partial charge on any atom is -0.497 e. The van der Waals surface area contributed by atoms with Gasteiger partial charge in [0.05, 0.1) is 7.11 Å². The van der Waals surface area contributed by atoms with Crippen molar-refractivity contribution in [2.75, 3.05) is 18.7 Å². The maximum Gasteiger partial charge on any atom is 0.339 e. The molecule has 5 heteroatoms. The molecule has 2 aromatic carbocycles. The Bertz CT molecular complexity index is 1130. The second kappa shape index (κ2) is 6.59. The van der Waals surface area contributed by atoms with E-state index in [9.17, 15) is 4.79 Å². The van der Waals surface area contributed by atoms with E-state index in [1.807, 2.05) is 25.1 Å². The van der Waals surface area contributed by atoms with Crippen LogP contribution in [0, 0.1) is 6.92 Å². The number of hydrogen-bond donors (Lipinski definition) is 0. The Kier molecular flexibility index (Phi) is 4.04. The first kappa shape index (κ1) is 17.2. The van der Waals surface area contributed by atoms with E-state index < -0.39 is 0 Å². The number of aryl methyl sites for hydroxylation is 2. The Labute approximate surface area is 163 Å². The summed E-state index contributed by atoms with van der Waals surface area (Å²) in [7, 11) is 1.67. The highest BCUT2D eigenvalue weighted by Gasteiger charge is 2.25. The van der Waals surface area contributed by atoms with Crippen molar-refractivity contribution in [3.05, 3.63) is 63.0 Å². The van der Waals surface area contributed by atoms with Gasteiger partial charge in [0.1, 0.15) is 17.1 Å². The fourth-order valence-corrected chi connectivity index (χ4v) is 4.47. The minimum absolute atomic E-state index is 0.181. The van der Waals surface area contributed by atoms with E-state index in [-0.39, 0.29) is 5.63 Å². The molecule has 2 heterocycles. The fourth-order valence-electron chi connectivity index (χ4n) is 4.47. The quantitative estimate of drug-likeness (QED) is 0.622. The molecule has 0 saturated carbocycles. The molecule has 2 aliphatic rings. The van der Waals surface area contributed by atoms with E-state index in [4.69, 9.17) is 13.9 Å². The van der Waals surface area contributed by atoms with E-state index in [0.29, 0.717) is 12.3 Å².